The van der Waals surface area contributed by atoms with E-state index in [0.717, 1.165) is 12.0 Å². The van der Waals surface area contributed by atoms with Crippen molar-refractivity contribution in [2.45, 2.75) is 38.5 Å². The van der Waals surface area contributed by atoms with Crippen LogP contribution in [0.2, 0.25) is 0 Å². The fourth-order valence-corrected chi connectivity index (χ4v) is 3.51. The number of carbonyl (C=O) groups is 2. The second-order valence-corrected chi connectivity index (χ2v) is 8.99. The summed E-state index contributed by atoms with van der Waals surface area (Å²) >= 11 is 0. The van der Waals surface area contributed by atoms with Gasteiger partial charge in [0.05, 0.1) is 12.5 Å². The summed E-state index contributed by atoms with van der Waals surface area (Å²) in [6, 6.07) is 18.5. The summed E-state index contributed by atoms with van der Waals surface area (Å²) in [4.78, 5) is 24.3. The van der Waals surface area contributed by atoms with Crippen molar-refractivity contribution in [2.24, 2.45) is 11.0 Å². The second kappa shape index (κ2) is 8.83. The highest BCUT2D eigenvalue weighted by Gasteiger charge is 2.44. The minimum atomic E-state index is -0.560. The molecular formula is C26H26N2O4. The molecule has 6 nitrogen and oxygen atoms in total. The normalized spacial score (nSPS) is 17.8. The quantitative estimate of drug-likeness (QED) is 0.257. The Kier molecular flexibility index (Phi) is 5.95. The summed E-state index contributed by atoms with van der Waals surface area (Å²) in [6.07, 6.45) is 3.81. The molecule has 4 rings (SSSR count). The van der Waals surface area contributed by atoms with Gasteiger partial charge in [0.15, 0.2) is 0 Å². The number of amides is 1. The lowest BCUT2D eigenvalue weighted by atomic mass is 9.86. The standard InChI is InChI=1S/C26H26N2O4/c1-26(2,3)19-10-8-18(9-11-19)21-15-22(21)24(29)28-27-16-17-6-12-20(13-7-17)32-25(30)23-5-4-14-31-23/h4-14,16,21-22H,15H2,1-3H3,(H,28,29)/b27-16+/t21-,22-/m1/s1. The Balaban J connectivity index is 1.26. The predicted octanol–water partition coefficient (Wildman–Crippen LogP) is 5.05. The minimum absolute atomic E-state index is 0.0453. The summed E-state index contributed by atoms with van der Waals surface area (Å²) in [5.41, 5.74) is 6.00. The molecule has 2 aromatic carbocycles. The molecule has 164 valence electrons. The number of carbonyl (C=O) groups excluding carboxylic acids is 2. The summed E-state index contributed by atoms with van der Waals surface area (Å²) in [5.74, 6) is 0.108. The molecule has 0 spiro atoms. The average Bonchev–Trinajstić information content (AvgIpc) is 3.38. The van der Waals surface area contributed by atoms with E-state index < -0.39 is 5.97 Å². The SMILES string of the molecule is CC(C)(C)c1ccc([C@H]2C[C@H]2C(=O)N/N=C/c2ccc(OC(=O)c3ccco3)cc2)cc1. The number of hydrogen-bond donors (Lipinski definition) is 1. The van der Waals surface area contributed by atoms with E-state index >= 15 is 0 Å². The average molecular weight is 431 g/mol. The number of nitrogens with one attached hydrogen (secondary N) is 1. The molecule has 1 aliphatic rings. The van der Waals surface area contributed by atoms with Crippen LogP contribution in [0.4, 0.5) is 0 Å². The molecule has 1 aromatic heterocycles. The maximum Gasteiger partial charge on any atom is 0.379 e. The van der Waals surface area contributed by atoms with Crippen LogP contribution in [0.3, 0.4) is 0 Å². The van der Waals surface area contributed by atoms with E-state index in [1.807, 2.05) is 0 Å². The molecule has 1 heterocycles. The lowest BCUT2D eigenvalue weighted by molar-refractivity contribution is -0.122. The van der Waals surface area contributed by atoms with Crippen LogP contribution in [0.1, 0.15) is 60.4 Å². The molecule has 1 N–H and O–H groups in total. The van der Waals surface area contributed by atoms with Gasteiger partial charge >= 0.3 is 5.97 Å². The van der Waals surface area contributed by atoms with E-state index in [4.69, 9.17) is 9.15 Å². The summed E-state index contributed by atoms with van der Waals surface area (Å²) in [5, 5.41) is 4.06. The fraction of sp³-hybridized carbons (Fsp3) is 0.269. The van der Waals surface area contributed by atoms with Crippen molar-refractivity contribution in [1.29, 1.82) is 0 Å². The van der Waals surface area contributed by atoms with Crippen LogP contribution in [-0.2, 0) is 10.2 Å². The first-order valence-electron chi connectivity index (χ1n) is 10.6. The number of hydrazone groups is 1. The molecular weight excluding hydrogens is 404 g/mol. The number of ether oxygens (including phenoxy) is 1. The first-order valence-corrected chi connectivity index (χ1v) is 10.6. The number of benzene rings is 2. The lowest BCUT2D eigenvalue weighted by Gasteiger charge is -2.19. The third-order valence-electron chi connectivity index (χ3n) is 5.53. The van der Waals surface area contributed by atoms with Gasteiger partial charge in [0, 0.05) is 5.92 Å². The van der Waals surface area contributed by atoms with Crippen molar-refractivity contribution in [3.05, 3.63) is 89.4 Å². The van der Waals surface area contributed by atoms with Gasteiger partial charge in [-0.3, -0.25) is 4.79 Å². The van der Waals surface area contributed by atoms with E-state index in [0.29, 0.717) is 5.75 Å². The zero-order valence-corrected chi connectivity index (χ0v) is 18.4. The molecule has 0 radical (unpaired) electrons. The van der Waals surface area contributed by atoms with Crippen molar-refractivity contribution >= 4 is 18.1 Å². The van der Waals surface area contributed by atoms with E-state index in [9.17, 15) is 9.59 Å². The van der Waals surface area contributed by atoms with Crippen LogP contribution >= 0.6 is 0 Å². The third kappa shape index (κ3) is 5.14. The molecule has 1 amide bonds. The van der Waals surface area contributed by atoms with Crippen LogP contribution in [0.5, 0.6) is 5.75 Å². The Bertz CT molecular complexity index is 1110. The molecule has 3 aromatic rings. The van der Waals surface area contributed by atoms with Gasteiger partial charge in [0.1, 0.15) is 5.75 Å². The van der Waals surface area contributed by atoms with E-state index in [1.165, 1.54) is 23.5 Å². The van der Waals surface area contributed by atoms with Crippen LogP contribution in [0.25, 0.3) is 0 Å². The number of hydrogen-bond acceptors (Lipinski definition) is 5. The number of furan rings is 1. The Hall–Kier alpha value is -3.67. The van der Waals surface area contributed by atoms with Gasteiger partial charge in [-0.25, -0.2) is 10.2 Å². The van der Waals surface area contributed by atoms with E-state index in [1.54, 1.807) is 36.5 Å². The van der Waals surface area contributed by atoms with Crippen molar-refractivity contribution in [3.63, 3.8) is 0 Å². The van der Waals surface area contributed by atoms with Gasteiger partial charge in [-0.05, 0) is 70.8 Å². The fourth-order valence-electron chi connectivity index (χ4n) is 3.51. The predicted molar refractivity (Wildman–Crippen MR) is 122 cm³/mol. The molecule has 0 unspecified atom stereocenters. The molecule has 2 atom stereocenters. The molecule has 1 saturated carbocycles. The zero-order chi connectivity index (χ0) is 22.7. The Morgan fingerprint density at radius 3 is 2.41 bits per heavy atom. The summed E-state index contributed by atoms with van der Waals surface area (Å²) in [7, 11) is 0. The van der Waals surface area contributed by atoms with Crippen LogP contribution in [-0.4, -0.2) is 18.1 Å². The molecule has 1 fully saturated rings. The highest BCUT2D eigenvalue weighted by molar-refractivity contribution is 5.88. The van der Waals surface area contributed by atoms with Gasteiger partial charge in [0.25, 0.3) is 0 Å². The first-order chi connectivity index (χ1) is 15.3. The van der Waals surface area contributed by atoms with Crippen LogP contribution < -0.4 is 10.2 Å². The smallest absolute Gasteiger partial charge is 0.379 e. The molecule has 1 aliphatic carbocycles. The highest BCUT2D eigenvalue weighted by Crippen LogP contribution is 2.47. The lowest BCUT2D eigenvalue weighted by Crippen LogP contribution is -2.20. The van der Waals surface area contributed by atoms with E-state index in [-0.39, 0.29) is 28.9 Å². The highest BCUT2D eigenvalue weighted by atomic mass is 16.5. The molecule has 0 aliphatic heterocycles. The van der Waals surface area contributed by atoms with E-state index in [2.05, 4.69) is 55.6 Å². The maximum atomic E-state index is 12.4. The summed E-state index contributed by atoms with van der Waals surface area (Å²) in [6.45, 7) is 6.57. The third-order valence-corrected chi connectivity index (χ3v) is 5.53. The number of nitrogens with zero attached hydrogens (tertiary/aromatic N) is 1. The molecule has 32 heavy (non-hydrogen) atoms. The Morgan fingerprint density at radius 2 is 1.78 bits per heavy atom. The van der Waals surface area contributed by atoms with Gasteiger partial charge in [-0.2, -0.15) is 5.10 Å². The van der Waals surface area contributed by atoms with Crippen LogP contribution in [0.15, 0.2) is 76.4 Å². The Morgan fingerprint density at radius 1 is 1.06 bits per heavy atom. The first kappa shape index (κ1) is 21.6. The Labute approximate surface area is 187 Å². The van der Waals surface area contributed by atoms with Crippen molar-refractivity contribution in [2.75, 3.05) is 0 Å². The van der Waals surface area contributed by atoms with Crippen molar-refractivity contribution in [1.82, 2.24) is 5.43 Å². The molecule has 0 saturated heterocycles. The monoisotopic (exact) mass is 430 g/mol. The number of rotatable bonds is 6. The minimum Gasteiger partial charge on any atom is -0.457 e. The van der Waals surface area contributed by atoms with Crippen molar-refractivity contribution in [3.8, 4) is 5.75 Å². The number of esters is 1. The van der Waals surface area contributed by atoms with Crippen LogP contribution in [0, 0.1) is 5.92 Å². The molecule has 0 bridgehead atoms. The largest absolute Gasteiger partial charge is 0.457 e. The van der Waals surface area contributed by atoms with Crippen molar-refractivity contribution < 1.29 is 18.7 Å². The van der Waals surface area contributed by atoms with Gasteiger partial charge in [0.2, 0.25) is 11.7 Å². The second-order valence-electron chi connectivity index (χ2n) is 8.99. The molecule has 6 heteroatoms. The zero-order valence-electron chi connectivity index (χ0n) is 18.4. The van der Waals surface area contributed by atoms with Gasteiger partial charge in [-0.15, -0.1) is 0 Å². The topological polar surface area (TPSA) is 80.9 Å². The maximum absolute atomic E-state index is 12.4. The van der Waals surface area contributed by atoms with Gasteiger partial charge in [-0.1, -0.05) is 45.0 Å². The van der Waals surface area contributed by atoms with Gasteiger partial charge < -0.3 is 9.15 Å². The summed E-state index contributed by atoms with van der Waals surface area (Å²) < 4.78 is 10.2.